The Hall–Kier alpha value is -4.36. The van der Waals surface area contributed by atoms with Crippen molar-refractivity contribution >= 4 is 33.9 Å². The Morgan fingerprint density at radius 2 is 2.06 bits per heavy atom. The predicted octanol–water partition coefficient (Wildman–Crippen LogP) is 4.30. The number of aryl methyl sites for hydroxylation is 1. The van der Waals surface area contributed by atoms with Gasteiger partial charge in [0.05, 0.1) is 41.0 Å². The lowest BCUT2D eigenvalue weighted by molar-refractivity contribution is 0.102. The summed E-state index contributed by atoms with van der Waals surface area (Å²) in [7, 11) is 0. The Labute approximate surface area is 181 Å². The van der Waals surface area contributed by atoms with Crippen LogP contribution in [-0.4, -0.2) is 25.2 Å². The van der Waals surface area contributed by atoms with Crippen LogP contribution in [0.1, 0.15) is 21.6 Å². The Balaban J connectivity index is 1.47. The van der Waals surface area contributed by atoms with Gasteiger partial charge in [0.25, 0.3) is 5.91 Å². The van der Waals surface area contributed by atoms with Crippen molar-refractivity contribution in [1.29, 1.82) is 5.26 Å². The second kappa shape index (κ2) is 8.98. The molecule has 0 aliphatic carbocycles. The number of nitriles is 1. The quantitative estimate of drug-likeness (QED) is 0.465. The van der Waals surface area contributed by atoms with E-state index >= 15 is 0 Å². The van der Waals surface area contributed by atoms with Gasteiger partial charge in [0.15, 0.2) is 0 Å². The van der Waals surface area contributed by atoms with Crippen molar-refractivity contribution < 1.29 is 9.53 Å². The molecule has 4 heterocycles. The maximum absolute atomic E-state index is 12.9. The number of nitrogens with zero attached hydrogens (tertiary/aromatic N) is 5. The first-order chi connectivity index (χ1) is 15.1. The minimum atomic E-state index is -0.340. The van der Waals surface area contributed by atoms with Gasteiger partial charge in [-0.15, -0.1) is 0 Å². The van der Waals surface area contributed by atoms with Gasteiger partial charge in [-0.3, -0.25) is 9.78 Å². The smallest absolute Gasteiger partial charge is 0.260 e. The molecule has 0 radical (unpaired) electrons. The molecular weight excluding hydrogens is 414 g/mol. The van der Waals surface area contributed by atoms with Gasteiger partial charge in [0.1, 0.15) is 16.6 Å². The van der Waals surface area contributed by atoms with E-state index in [-0.39, 0.29) is 5.91 Å². The third-order valence-electron chi connectivity index (χ3n) is 4.07. The number of pyridine rings is 3. The predicted molar refractivity (Wildman–Crippen MR) is 116 cm³/mol. The van der Waals surface area contributed by atoms with Crippen LogP contribution in [-0.2, 0) is 0 Å². The average molecular weight is 429 g/mol. The molecule has 31 heavy (non-hydrogen) atoms. The monoisotopic (exact) mass is 429 g/mol. The molecule has 0 unspecified atom stereocenters. The van der Waals surface area contributed by atoms with E-state index in [1.165, 1.54) is 12.4 Å². The molecule has 1 amide bonds. The first-order valence-electron chi connectivity index (χ1n) is 9.07. The maximum Gasteiger partial charge on any atom is 0.260 e. The number of hydrogen-bond acceptors (Lipinski definition) is 9. The molecule has 9 nitrogen and oxygen atoms in total. The lowest BCUT2D eigenvalue weighted by Gasteiger charge is -2.09. The summed E-state index contributed by atoms with van der Waals surface area (Å²) in [6, 6.07) is 12.1. The third-order valence-corrected chi connectivity index (χ3v) is 4.93. The van der Waals surface area contributed by atoms with Crippen LogP contribution in [0, 0.1) is 18.3 Å². The topological polar surface area (TPSA) is 126 Å². The fourth-order valence-electron chi connectivity index (χ4n) is 2.64. The van der Waals surface area contributed by atoms with E-state index in [1.54, 1.807) is 55.7 Å². The van der Waals surface area contributed by atoms with Crippen LogP contribution >= 0.6 is 11.5 Å². The molecule has 0 bridgehead atoms. The van der Waals surface area contributed by atoms with Gasteiger partial charge in [-0.05, 0) is 48.8 Å². The highest BCUT2D eigenvalue weighted by atomic mass is 32.1. The zero-order chi connectivity index (χ0) is 21.6. The summed E-state index contributed by atoms with van der Waals surface area (Å²) in [5.41, 5.74) is 1.94. The Morgan fingerprint density at radius 3 is 2.81 bits per heavy atom. The number of amides is 1. The zero-order valence-electron chi connectivity index (χ0n) is 16.2. The molecule has 0 fully saturated rings. The number of rotatable bonds is 6. The number of ether oxygens (including phenoxy) is 1. The minimum Gasteiger partial charge on any atom is -0.437 e. The third kappa shape index (κ3) is 4.80. The largest absolute Gasteiger partial charge is 0.437 e. The molecule has 4 aromatic heterocycles. The van der Waals surface area contributed by atoms with E-state index in [9.17, 15) is 4.79 Å². The van der Waals surface area contributed by atoms with Gasteiger partial charge in [0.2, 0.25) is 5.88 Å². The first-order valence-corrected chi connectivity index (χ1v) is 9.84. The summed E-state index contributed by atoms with van der Waals surface area (Å²) < 4.78 is 9.86. The second-order valence-electron chi connectivity index (χ2n) is 6.27. The van der Waals surface area contributed by atoms with E-state index in [0.717, 1.165) is 11.5 Å². The van der Waals surface area contributed by atoms with Crippen LogP contribution in [0.2, 0.25) is 0 Å². The van der Waals surface area contributed by atoms with E-state index in [1.807, 2.05) is 0 Å². The molecule has 4 aromatic rings. The maximum atomic E-state index is 12.9. The molecule has 0 atom stereocenters. The number of hydrogen-bond donors (Lipinski definition) is 2. The van der Waals surface area contributed by atoms with Gasteiger partial charge in [0, 0.05) is 18.5 Å². The van der Waals surface area contributed by atoms with Crippen molar-refractivity contribution in [1.82, 2.24) is 19.3 Å². The average Bonchev–Trinajstić information content (AvgIpc) is 3.16. The number of aromatic nitrogens is 4. The van der Waals surface area contributed by atoms with Crippen LogP contribution in [0.25, 0.3) is 0 Å². The van der Waals surface area contributed by atoms with E-state index in [2.05, 4.69) is 36.0 Å². The Kier molecular flexibility index (Phi) is 5.77. The van der Waals surface area contributed by atoms with E-state index in [0.29, 0.717) is 45.0 Å². The van der Waals surface area contributed by atoms with Crippen molar-refractivity contribution in [3.8, 4) is 17.7 Å². The molecular formula is C21H15N7O2S. The Morgan fingerprint density at radius 1 is 1.16 bits per heavy atom. The fraction of sp³-hybridized carbons (Fsp3) is 0.0476. The summed E-state index contributed by atoms with van der Waals surface area (Å²) >= 11 is 1.14. The van der Waals surface area contributed by atoms with Gasteiger partial charge >= 0.3 is 0 Å². The normalized spacial score (nSPS) is 10.2. The highest BCUT2D eigenvalue weighted by Crippen LogP contribution is 2.28. The van der Waals surface area contributed by atoms with Gasteiger partial charge < -0.3 is 15.4 Å². The minimum absolute atomic E-state index is 0.340. The van der Waals surface area contributed by atoms with Gasteiger partial charge in [-0.1, -0.05) is 0 Å². The van der Waals surface area contributed by atoms with Crippen LogP contribution in [0.5, 0.6) is 11.6 Å². The van der Waals surface area contributed by atoms with Crippen LogP contribution in [0.3, 0.4) is 0 Å². The summed E-state index contributed by atoms with van der Waals surface area (Å²) in [6.07, 6.45) is 6.26. The summed E-state index contributed by atoms with van der Waals surface area (Å²) in [4.78, 5) is 25.2. The molecule has 0 spiro atoms. The molecule has 2 N–H and O–H groups in total. The van der Waals surface area contributed by atoms with Crippen LogP contribution in [0.15, 0.2) is 61.2 Å². The van der Waals surface area contributed by atoms with Crippen molar-refractivity contribution in [3.05, 3.63) is 78.0 Å². The molecule has 0 saturated carbocycles. The van der Waals surface area contributed by atoms with Crippen molar-refractivity contribution in [2.24, 2.45) is 0 Å². The highest BCUT2D eigenvalue weighted by Gasteiger charge is 2.19. The lowest BCUT2D eigenvalue weighted by atomic mass is 10.2. The molecule has 10 heteroatoms. The molecule has 0 aliphatic heterocycles. The second-order valence-corrected chi connectivity index (χ2v) is 7.04. The van der Waals surface area contributed by atoms with Crippen molar-refractivity contribution in [2.75, 3.05) is 10.6 Å². The first kappa shape index (κ1) is 19.9. The Bertz CT molecular complexity index is 1250. The number of nitrogens with one attached hydrogen (secondary N) is 2. The van der Waals surface area contributed by atoms with E-state index in [4.69, 9.17) is 10.00 Å². The standard InChI is InChI=1S/C21H15N7O2S/c1-13-19(21(31-28-13)27-17-9-14(10-22)6-8-24-17)20(29)26-15-4-5-18(25-11-15)30-16-3-2-7-23-12-16/h2-9,11-12H,1H3,(H,24,27)(H,26,29). The number of anilines is 3. The molecule has 0 aliphatic rings. The molecule has 4 rings (SSSR count). The van der Waals surface area contributed by atoms with E-state index < -0.39 is 0 Å². The highest BCUT2D eigenvalue weighted by molar-refractivity contribution is 7.10. The molecule has 0 aromatic carbocycles. The molecule has 0 saturated heterocycles. The lowest BCUT2D eigenvalue weighted by Crippen LogP contribution is -2.14. The summed E-state index contributed by atoms with van der Waals surface area (Å²) in [5.74, 6) is 1.06. The number of carbonyl (C=O) groups is 1. The zero-order valence-corrected chi connectivity index (χ0v) is 17.1. The van der Waals surface area contributed by atoms with Crippen LogP contribution in [0.4, 0.5) is 16.5 Å². The van der Waals surface area contributed by atoms with Crippen molar-refractivity contribution in [2.45, 2.75) is 6.92 Å². The van der Waals surface area contributed by atoms with Gasteiger partial charge in [-0.2, -0.15) is 9.64 Å². The summed E-state index contributed by atoms with van der Waals surface area (Å²) in [6.45, 7) is 1.75. The van der Waals surface area contributed by atoms with Crippen LogP contribution < -0.4 is 15.4 Å². The fourth-order valence-corrected chi connectivity index (χ4v) is 3.45. The summed E-state index contributed by atoms with van der Waals surface area (Å²) in [5, 5.41) is 15.4. The molecule has 152 valence electrons. The van der Waals surface area contributed by atoms with Gasteiger partial charge in [-0.25, -0.2) is 9.97 Å². The SMILES string of the molecule is Cc1nsc(Nc2cc(C#N)ccn2)c1C(=O)Nc1ccc(Oc2cccnc2)nc1. The number of carbonyl (C=O) groups excluding carboxylic acids is 1. The van der Waals surface area contributed by atoms with Crippen molar-refractivity contribution in [3.63, 3.8) is 0 Å².